The Morgan fingerprint density at radius 3 is 3.14 bits per heavy atom. The van der Waals surface area contributed by atoms with Crippen LogP contribution in [0.2, 0.25) is 0 Å². The SMILES string of the molecule is C[C@@H]1CCCCN1CCNC(=O)Cc1noc2ccccc12. The Labute approximate surface area is 130 Å². The smallest absolute Gasteiger partial charge is 0.226 e. The maximum absolute atomic E-state index is 12.1. The molecule has 2 aromatic rings. The van der Waals surface area contributed by atoms with Gasteiger partial charge in [0.15, 0.2) is 5.58 Å². The van der Waals surface area contributed by atoms with E-state index >= 15 is 0 Å². The van der Waals surface area contributed by atoms with Gasteiger partial charge in [-0.2, -0.15) is 0 Å². The summed E-state index contributed by atoms with van der Waals surface area (Å²) in [5.74, 6) is 0.00344. The minimum atomic E-state index is 0.00344. The first-order valence-corrected chi connectivity index (χ1v) is 8.08. The molecule has 0 saturated carbocycles. The molecule has 1 aromatic heterocycles. The fourth-order valence-corrected chi connectivity index (χ4v) is 3.11. The van der Waals surface area contributed by atoms with Crippen molar-refractivity contribution in [1.29, 1.82) is 0 Å². The number of likely N-dealkylation sites (tertiary alicyclic amines) is 1. The van der Waals surface area contributed by atoms with Crippen LogP contribution in [0.25, 0.3) is 11.0 Å². The molecule has 1 N–H and O–H groups in total. The first-order valence-electron chi connectivity index (χ1n) is 8.08. The lowest BCUT2D eigenvalue weighted by molar-refractivity contribution is -0.120. The summed E-state index contributed by atoms with van der Waals surface area (Å²) in [7, 11) is 0. The Morgan fingerprint density at radius 2 is 2.27 bits per heavy atom. The largest absolute Gasteiger partial charge is 0.356 e. The van der Waals surface area contributed by atoms with Crippen LogP contribution in [0.5, 0.6) is 0 Å². The van der Waals surface area contributed by atoms with Crippen molar-refractivity contribution in [3.8, 4) is 0 Å². The molecule has 0 unspecified atom stereocenters. The number of piperidine rings is 1. The van der Waals surface area contributed by atoms with E-state index < -0.39 is 0 Å². The van der Waals surface area contributed by atoms with Gasteiger partial charge in [-0.3, -0.25) is 9.69 Å². The summed E-state index contributed by atoms with van der Waals surface area (Å²) >= 11 is 0. The Bertz CT molecular complexity index is 638. The van der Waals surface area contributed by atoms with Crippen molar-refractivity contribution in [1.82, 2.24) is 15.4 Å². The molecule has 1 saturated heterocycles. The number of carbonyl (C=O) groups is 1. The zero-order valence-electron chi connectivity index (χ0n) is 13.0. The number of amides is 1. The van der Waals surface area contributed by atoms with Crippen LogP contribution in [0.15, 0.2) is 28.8 Å². The molecule has 1 aliphatic heterocycles. The molecule has 1 fully saturated rings. The average Bonchev–Trinajstić information content (AvgIpc) is 2.92. The first kappa shape index (κ1) is 15.0. The predicted molar refractivity (Wildman–Crippen MR) is 85.6 cm³/mol. The number of nitrogens with one attached hydrogen (secondary N) is 1. The van der Waals surface area contributed by atoms with Crippen molar-refractivity contribution >= 4 is 16.9 Å². The molecule has 2 heterocycles. The van der Waals surface area contributed by atoms with Gasteiger partial charge in [-0.05, 0) is 38.4 Å². The number of nitrogens with zero attached hydrogens (tertiary/aromatic N) is 2. The lowest BCUT2D eigenvalue weighted by atomic mass is 10.0. The van der Waals surface area contributed by atoms with Crippen LogP contribution in [0.1, 0.15) is 31.9 Å². The van der Waals surface area contributed by atoms with E-state index in [1.165, 1.54) is 19.3 Å². The molecule has 5 heteroatoms. The molecule has 1 aromatic carbocycles. The average molecular weight is 301 g/mol. The summed E-state index contributed by atoms with van der Waals surface area (Å²) < 4.78 is 5.23. The second-order valence-corrected chi connectivity index (χ2v) is 6.03. The standard InChI is InChI=1S/C17H23N3O2/c1-13-6-4-5-10-20(13)11-9-18-17(21)12-15-14-7-2-3-8-16(14)22-19-15/h2-3,7-8,13H,4-6,9-12H2,1H3,(H,18,21)/t13-/m1/s1. The van der Waals surface area contributed by atoms with Crippen LogP contribution >= 0.6 is 0 Å². The number of para-hydroxylation sites is 1. The molecule has 22 heavy (non-hydrogen) atoms. The van der Waals surface area contributed by atoms with E-state index in [1.54, 1.807) is 0 Å². The fourth-order valence-electron chi connectivity index (χ4n) is 3.11. The molecule has 0 radical (unpaired) electrons. The second kappa shape index (κ2) is 6.92. The zero-order chi connectivity index (χ0) is 15.4. The van der Waals surface area contributed by atoms with E-state index in [0.29, 0.717) is 18.3 Å². The topological polar surface area (TPSA) is 58.4 Å². The predicted octanol–water partition coefficient (Wildman–Crippen LogP) is 2.36. The number of hydrogen-bond donors (Lipinski definition) is 1. The van der Waals surface area contributed by atoms with Gasteiger partial charge in [-0.1, -0.05) is 23.7 Å². The van der Waals surface area contributed by atoms with Crippen molar-refractivity contribution in [3.05, 3.63) is 30.0 Å². The van der Waals surface area contributed by atoms with E-state index in [4.69, 9.17) is 4.52 Å². The van der Waals surface area contributed by atoms with Crippen molar-refractivity contribution in [2.24, 2.45) is 0 Å². The van der Waals surface area contributed by atoms with Crippen molar-refractivity contribution in [3.63, 3.8) is 0 Å². The third kappa shape index (κ3) is 3.47. The molecule has 1 aliphatic rings. The van der Waals surface area contributed by atoms with E-state index in [-0.39, 0.29) is 12.3 Å². The third-order valence-electron chi connectivity index (χ3n) is 4.44. The fraction of sp³-hybridized carbons (Fsp3) is 0.529. The number of fused-ring (bicyclic) bond motifs is 1. The summed E-state index contributed by atoms with van der Waals surface area (Å²) in [4.78, 5) is 14.5. The van der Waals surface area contributed by atoms with Gasteiger partial charge in [0.25, 0.3) is 0 Å². The molecule has 1 atom stereocenters. The van der Waals surface area contributed by atoms with Gasteiger partial charge in [0, 0.05) is 24.5 Å². The van der Waals surface area contributed by atoms with E-state index in [1.807, 2.05) is 24.3 Å². The van der Waals surface area contributed by atoms with Crippen LogP contribution in [-0.2, 0) is 11.2 Å². The minimum Gasteiger partial charge on any atom is -0.356 e. The van der Waals surface area contributed by atoms with Crippen LogP contribution < -0.4 is 5.32 Å². The lowest BCUT2D eigenvalue weighted by Gasteiger charge is -2.33. The third-order valence-corrected chi connectivity index (χ3v) is 4.44. The Balaban J connectivity index is 1.48. The summed E-state index contributed by atoms with van der Waals surface area (Å²) in [5, 5.41) is 7.91. The number of carbonyl (C=O) groups excluding carboxylic acids is 1. The number of aromatic nitrogens is 1. The van der Waals surface area contributed by atoms with Gasteiger partial charge in [-0.15, -0.1) is 0 Å². The highest BCUT2D eigenvalue weighted by molar-refractivity contribution is 5.86. The number of rotatable bonds is 5. The van der Waals surface area contributed by atoms with E-state index in [0.717, 1.165) is 24.1 Å². The molecule has 3 rings (SSSR count). The molecule has 0 spiro atoms. The number of benzene rings is 1. The minimum absolute atomic E-state index is 0.00344. The monoisotopic (exact) mass is 301 g/mol. The second-order valence-electron chi connectivity index (χ2n) is 6.03. The summed E-state index contributed by atoms with van der Waals surface area (Å²) in [6.07, 6.45) is 4.12. The summed E-state index contributed by atoms with van der Waals surface area (Å²) in [5.41, 5.74) is 1.44. The summed E-state index contributed by atoms with van der Waals surface area (Å²) in [6, 6.07) is 8.26. The maximum atomic E-state index is 12.1. The van der Waals surface area contributed by atoms with Crippen LogP contribution in [0.3, 0.4) is 0 Å². The van der Waals surface area contributed by atoms with Crippen molar-refractivity contribution < 1.29 is 9.32 Å². The van der Waals surface area contributed by atoms with E-state index in [9.17, 15) is 4.79 Å². The molecule has 5 nitrogen and oxygen atoms in total. The number of hydrogen-bond acceptors (Lipinski definition) is 4. The first-order chi connectivity index (χ1) is 10.7. The van der Waals surface area contributed by atoms with Gasteiger partial charge in [0.05, 0.1) is 6.42 Å². The highest BCUT2D eigenvalue weighted by atomic mass is 16.5. The molecule has 0 aliphatic carbocycles. The van der Waals surface area contributed by atoms with Crippen molar-refractivity contribution in [2.45, 2.75) is 38.6 Å². The highest BCUT2D eigenvalue weighted by Crippen LogP contribution is 2.18. The molecule has 0 bridgehead atoms. The summed E-state index contributed by atoms with van der Waals surface area (Å²) in [6.45, 7) is 5.03. The Hall–Kier alpha value is -1.88. The molecule has 118 valence electrons. The van der Waals surface area contributed by atoms with Crippen LogP contribution in [0.4, 0.5) is 0 Å². The quantitative estimate of drug-likeness (QED) is 0.921. The lowest BCUT2D eigenvalue weighted by Crippen LogP contribution is -2.42. The molecular weight excluding hydrogens is 278 g/mol. The molecule has 1 amide bonds. The zero-order valence-corrected chi connectivity index (χ0v) is 13.0. The molecular formula is C17H23N3O2. The van der Waals surface area contributed by atoms with Gasteiger partial charge in [0.2, 0.25) is 5.91 Å². The highest BCUT2D eigenvalue weighted by Gasteiger charge is 2.18. The van der Waals surface area contributed by atoms with Gasteiger partial charge in [0.1, 0.15) is 5.69 Å². The van der Waals surface area contributed by atoms with Gasteiger partial charge >= 0.3 is 0 Å². The van der Waals surface area contributed by atoms with E-state index in [2.05, 4.69) is 22.3 Å². The normalized spacial score (nSPS) is 19.4. The maximum Gasteiger partial charge on any atom is 0.226 e. The van der Waals surface area contributed by atoms with Crippen molar-refractivity contribution in [2.75, 3.05) is 19.6 Å². The van der Waals surface area contributed by atoms with Gasteiger partial charge in [-0.25, -0.2) is 0 Å². The Kier molecular flexibility index (Phi) is 4.73. The Morgan fingerprint density at radius 1 is 1.41 bits per heavy atom. The van der Waals surface area contributed by atoms with Gasteiger partial charge < -0.3 is 9.84 Å². The van der Waals surface area contributed by atoms with Crippen LogP contribution in [-0.4, -0.2) is 41.6 Å². The van der Waals surface area contributed by atoms with Crippen LogP contribution in [0, 0.1) is 0 Å².